The largest absolute Gasteiger partial charge is 0.459 e. The normalized spacial score (nSPS) is 19.5. The van der Waals surface area contributed by atoms with Gasteiger partial charge in [0, 0.05) is 13.2 Å². The predicted octanol–water partition coefficient (Wildman–Crippen LogP) is 0.240. The van der Waals surface area contributed by atoms with E-state index in [2.05, 4.69) is 5.32 Å². The molecule has 0 radical (unpaired) electrons. The molecule has 0 spiro atoms. The molecule has 1 fully saturated rings. The van der Waals surface area contributed by atoms with Gasteiger partial charge in [0.2, 0.25) is 5.91 Å². The number of nitrogens with zero attached hydrogens (tertiary/aromatic N) is 1. The molecule has 2 amide bonds. The van der Waals surface area contributed by atoms with Gasteiger partial charge in [-0.05, 0) is 37.4 Å². The number of carbonyl (C=O) groups is 2. The minimum absolute atomic E-state index is 0.132. The van der Waals surface area contributed by atoms with Crippen molar-refractivity contribution in [3.63, 3.8) is 0 Å². The number of imide groups is 1. The van der Waals surface area contributed by atoms with E-state index in [1.807, 2.05) is 4.90 Å². The number of furan rings is 1. The summed E-state index contributed by atoms with van der Waals surface area (Å²) in [7, 11) is 0. The molecular weight excluding hydrogens is 248 g/mol. The van der Waals surface area contributed by atoms with Crippen LogP contribution in [0.1, 0.15) is 23.4 Å². The second-order valence-electron chi connectivity index (χ2n) is 4.76. The lowest BCUT2D eigenvalue weighted by molar-refractivity contribution is -0.121. The van der Waals surface area contributed by atoms with Gasteiger partial charge in [-0.1, -0.05) is 0 Å². The average molecular weight is 266 g/mol. The molecule has 1 aromatic rings. The zero-order valence-electron chi connectivity index (χ0n) is 10.7. The first-order valence-corrected chi connectivity index (χ1v) is 6.40. The van der Waals surface area contributed by atoms with E-state index in [0.29, 0.717) is 5.92 Å². The summed E-state index contributed by atoms with van der Waals surface area (Å²) >= 11 is 0. The minimum Gasteiger partial charge on any atom is -0.459 e. The summed E-state index contributed by atoms with van der Waals surface area (Å²) in [4.78, 5) is 25.3. The Bertz CT molecular complexity index is 430. The molecule has 0 bridgehead atoms. The molecule has 1 aromatic heterocycles. The first-order chi connectivity index (χ1) is 9.19. The van der Waals surface area contributed by atoms with Crippen molar-refractivity contribution in [3.05, 3.63) is 24.2 Å². The topological polar surface area (TPSA) is 82.8 Å². The van der Waals surface area contributed by atoms with E-state index in [1.165, 1.54) is 12.3 Å². The van der Waals surface area contributed by atoms with Crippen LogP contribution in [0.3, 0.4) is 0 Å². The van der Waals surface area contributed by atoms with E-state index in [0.717, 1.165) is 25.9 Å². The standard InChI is InChI=1S/C13H18N2O4/c16-6-4-10-3-5-15(8-10)9-12(17)14-13(18)11-2-1-7-19-11/h1-2,7,10,16H,3-6,8-9H2,(H,14,17,18). The number of amides is 2. The van der Waals surface area contributed by atoms with Gasteiger partial charge in [0.1, 0.15) is 0 Å². The molecule has 104 valence electrons. The van der Waals surface area contributed by atoms with Crippen molar-refractivity contribution in [2.24, 2.45) is 5.92 Å². The van der Waals surface area contributed by atoms with Crippen LogP contribution in [0.4, 0.5) is 0 Å². The van der Waals surface area contributed by atoms with Crippen LogP contribution in [0, 0.1) is 5.92 Å². The SMILES string of the molecule is O=C(CN1CCC(CCO)C1)NC(=O)c1ccco1. The maximum absolute atomic E-state index is 11.7. The number of hydrogen-bond acceptors (Lipinski definition) is 5. The maximum atomic E-state index is 11.7. The first kappa shape index (κ1) is 13.8. The number of carbonyl (C=O) groups excluding carboxylic acids is 2. The lowest BCUT2D eigenvalue weighted by Gasteiger charge is -2.14. The summed E-state index contributed by atoms with van der Waals surface area (Å²) in [6, 6.07) is 3.11. The minimum atomic E-state index is -0.513. The van der Waals surface area contributed by atoms with Gasteiger partial charge in [-0.15, -0.1) is 0 Å². The number of likely N-dealkylation sites (tertiary alicyclic amines) is 1. The van der Waals surface area contributed by atoms with Crippen molar-refractivity contribution >= 4 is 11.8 Å². The molecular formula is C13H18N2O4. The van der Waals surface area contributed by atoms with E-state index in [-0.39, 0.29) is 24.8 Å². The monoisotopic (exact) mass is 266 g/mol. The molecule has 0 saturated carbocycles. The van der Waals surface area contributed by atoms with E-state index in [1.54, 1.807) is 6.07 Å². The van der Waals surface area contributed by atoms with Gasteiger partial charge >= 0.3 is 0 Å². The van der Waals surface area contributed by atoms with Crippen LogP contribution in [0.15, 0.2) is 22.8 Å². The zero-order chi connectivity index (χ0) is 13.7. The molecule has 1 atom stereocenters. The van der Waals surface area contributed by atoms with Gasteiger partial charge in [-0.3, -0.25) is 19.8 Å². The van der Waals surface area contributed by atoms with Crippen molar-refractivity contribution < 1.29 is 19.1 Å². The highest BCUT2D eigenvalue weighted by Crippen LogP contribution is 2.18. The summed E-state index contributed by atoms with van der Waals surface area (Å²) in [5.74, 6) is -0.265. The molecule has 2 N–H and O–H groups in total. The molecule has 6 heteroatoms. The Balaban J connectivity index is 1.75. The molecule has 1 unspecified atom stereocenters. The third-order valence-corrected chi connectivity index (χ3v) is 3.27. The summed E-state index contributed by atoms with van der Waals surface area (Å²) in [6.45, 7) is 2.01. The number of hydrogen-bond donors (Lipinski definition) is 2. The van der Waals surface area contributed by atoms with Crippen LogP contribution in [-0.2, 0) is 4.79 Å². The third kappa shape index (κ3) is 3.90. The number of aliphatic hydroxyl groups excluding tert-OH is 1. The number of nitrogens with one attached hydrogen (secondary N) is 1. The zero-order valence-corrected chi connectivity index (χ0v) is 10.7. The summed E-state index contributed by atoms with van der Waals surface area (Å²) in [5, 5.41) is 11.2. The fraction of sp³-hybridized carbons (Fsp3) is 0.538. The van der Waals surface area contributed by atoms with Crippen LogP contribution >= 0.6 is 0 Å². The van der Waals surface area contributed by atoms with E-state index < -0.39 is 5.91 Å². The Labute approximate surface area is 111 Å². The highest BCUT2D eigenvalue weighted by molar-refractivity contribution is 6.03. The molecule has 6 nitrogen and oxygen atoms in total. The molecule has 2 heterocycles. The predicted molar refractivity (Wildman–Crippen MR) is 67.4 cm³/mol. The summed E-state index contributed by atoms with van der Waals surface area (Å²) < 4.78 is 4.91. The highest BCUT2D eigenvalue weighted by atomic mass is 16.3. The lowest BCUT2D eigenvalue weighted by atomic mass is 10.1. The van der Waals surface area contributed by atoms with Crippen molar-refractivity contribution in [2.45, 2.75) is 12.8 Å². The molecule has 1 saturated heterocycles. The molecule has 2 rings (SSSR count). The quantitative estimate of drug-likeness (QED) is 0.797. The fourth-order valence-corrected chi connectivity index (χ4v) is 2.31. The van der Waals surface area contributed by atoms with Crippen LogP contribution in [0.2, 0.25) is 0 Å². The smallest absolute Gasteiger partial charge is 0.293 e. The Morgan fingerprint density at radius 2 is 2.37 bits per heavy atom. The van der Waals surface area contributed by atoms with Crippen LogP contribution in [0.5, 0.6) is 0 Å². The van der Waals surface area contributed by atoms with Gasteiger partial charge in [0.05, 0.1) is 12.8 Å². The summed E-state index contributed by atoms with van der Waals surface area (Å²) in [5.41, 5.74) is 0. The Hall–Kier alpha value is -1.66. The van der Waals surface area contributed by atoms with Crippen molar-refractivity contribution in [1.82, 2.24) is 10.2 Å². The van der Waals surface area contributed by atoms with Gasteiger partial charge < -0.3 is 9.52 Å². The van der Waals surface area contributed by atoms with Crippen LogP contribution < -0.4 is 5.32 Å². The van der Waals surface area contributed by atoms with Gasteiger partial charge in [0.15, 0.2) is 5.76 Å². The Morgan fingerprint density at radius 3 is 3.05 bits per heavy atom. The second-order valence-corrected chi connectivity index (χ2v) is 4.76. The molecule has 1 aliphatic rings. The summed E-state index contributed by atoms with van der Waals surface area (Å²) in [6.07, 6.45) is 3.14. The van der Waals surface area contributed by atoms with Crippen LogP contribution in [0.25, 0.3) is 0 Å². The maximum Gasteiger partial charge on any atom is 0.293 e. The van der Waals surface area contributed by atoms with E-state index in [4.69, 9.17) is 9.52 Å². The van der Waals surface area contributed by atoms with Gasteiger partial charge in [0.25, 0.3) is 5.91 Å². The van der Waals surface area contributed by atoms with Gasteiger partial charge in [-0.2, -0.15) is 0 Å². The van der Waals surface area contributed by atoms with Crippen molar-refractivity contribution in [2.75, 3.05) is 26.2 Å². The van der Waals surface area contributed by atoms with Crippen molar-refractivity contribution in [1.29, 1.82) is 0 Å². The van der Waals surface area contributed by atoms with E-state index >= 15 is 0 Å². The molecule has 1 aliphatic heterocycles. The molecule has 19 heavy (non-hydrogen) atoms. The lowest BCUT2D eigenvalue weighted by Crippen LogP contribution is -2.39. The molecule has 0 aliphatic carbocycles. The van der Waals surface area contributed by atoms with Crippen molar-refractivity contribution in [3.8, 4) is 0 Å². The Morgan fingerprint density at radius 1 is 1.53 bits per heavy atom. The number of rotatable bonds is 5. The molecule has 0 aromatic carbocycles. The second kappa shape index (κ2) is 6.49. The average Bonchev–Trinajstić information content (AvgIpc) is 3.00. The van der Waals surface area contributed by atoms with E-state index in [9.17, 15) is 9.59 Å². The third-order valence-electron chi connectivity index (χ3n) is 3.27. The number of aliphatic hydroxyl groups is 1. The van der Waals surface area contributed by atoms with Gasteiger partial charge in [-0.25, -0.2) is 0 Å². The van der Waals surface area contributed by atoms with Crippen LogP contribution in [-0.4, -0.2) is 48.1 Å². The first-order valence-electron chi connectivity index (χ1n) is 6.40. The Kier molecular flexibility index (Phi) is 4.70. The highest BCUT2D eigenvalue weighted by Gasteiger charge is 2.24. The fourth-order valence-electron chi connectivity index (χ4n) is 2.31.